The molecule has 0 radical (unpaired) electrons. The number of amides is 1. The van der Waals surface area contributed by atoms with Crippen molar-refractivity contribution in [2.45, 2.75) is 267 Å². The van der Waals surface area contributed by atoms with Crippen molar-refractivity contribution >= 4 is 5.91 Å². The predicted octanol–water partition coefficient (Wildman–Crippen LogP) is 8.77. The van der Waals surface area contributed by atoms with E-state index in [-0.39, 0.29) is 12.5 Å². The lowest BCUT2D eigenvalue weighted by Gasteiger charge is -2.46. The second kappa shape index (κ2) is 43.6. The SMILES string of the molecule is CC/C=C\C/C=C\C/C=C\C/C=C\C/C=C\C/C=C\CCCCCCCCCCCCCCCCCCC(=O)NC(COC1OC(CO)C(OC2OC(CO)C(O)C(O)C2O)C(O)C1O)C(O)CCCCC. The lowest BCUT2D eigenvalue weighted by Crippen LogP contribution is -2.65. The molecule has 2 aliphatic heterocycles. The van der Waals surface area contributed by atoms with E-state index in [0.29, 0.717) is 12.8 Å². The number of carbonyl (C=O) groups excluding carboxylic acids is 1. The van der Waals surface area contributed by atoms with Crippen LogP contribution in [0.15, 0.2) is 72.9 Å². The smallest absolute Gasteiger partial charge is 0.220 e. The van der Waals surface area contributed by atoms with Crippen molar-refractivity contribution < 1.29 is 64.6 Å². The minimum absolute atomic E-state index is 0.221. The van der Waals surface area contributed by atoms with Crippen molar-refractivity contribution in [1.82, 2.24) is 5.32 Å². The molecule has 9 N–H and O–H groups in total. The minimum Gasteiger partial charge on any atom is -0.394 e. The second-order valence-electron chi connectivity index (χ2n) is 19.7. The van der Waals surface area contributed by atoms with Crippen molar-refractivity contribution in [2.24, 2.45) is 0 Å². The zero-order valence-corrected chi connectivity index (χ0v) is 44.4. The van der Waals surface area contributed by atoms with Crippen molar-refractivity contribution in [2.75, 3.05) is 19.8 Å². The summed E-state index contributed by atoms with van der Waals surface area (Å²) in [6.07, 6.45) is 40.4. The van der Waals surface area contributed by atoms with E-state index >= 15 is 0 Å². The first-order chi connectivity index (χ1) is 35.1. The van der Waals surface area contributed by atoms with Gasteiger partial charge in [0.2, 0.25) is 5.91 Å². The number of aliphatic hydroxyl groups is 8. The molecule has 12 unspecified atom stereocenters. The Morgan fingerprint density at radius 3 is 1.44 bits per heavy atom. The summed E-state index contributed by atoms with van der Waals surface area (Å²) in [5.41, 5.74) is 0. The molecule has 2 aliphatic rings. The molecule has 0 aromatic heterocycles. The normalized spacial score (nSPS) is 26.1. The van der Waals surface area contributed by atoms with Gasteiger partial charge in [-0.15, -0.1) is 0 Å². The largest absolute Gasteiger partial charge is 0.394 e. The van der Waals surface area contributed by atoms with Crippen LogP contribution in [0.5, 0.6) is 0 Å². The van der Waals surface area contributed by atoms with Gasteiger partial charge in [-0.1, -0.05) is 196 Å². The summed E-state index contributed by atoms with van der Waals surface area (Å²) < 4.78 is 22.5. The molecule has 2 saturated heterocycles. The molecule has 0 saturated carbocycles. The Kier molecular flexibility index (Phi) is 39.7. The van der Waals surface area contributed by atoms with Gasteiger partial charge in [0.1, 0.15) is 48.8 Å². The third kappa shape index (κ3) is 29.5. The Morgan fingerprint density at radius 1 is 0.514 bits per heavy atom. The molecule has 0 bridgehead atoms. The fraction of sp³-hybridized carbons (Fsp3) is 0.776. The molecule has 1 amide bonds. The first kappa shape index (κ1) is 65.5. The molecule has 2 fully saturated rings. The third-order valence-electron chi connectivity index (χ3n) is 13.4. The number of aliphatic hydroxyl groups excluding tert-OH is 8. The van der Waals surface area contributed by atoms with Gasteiger partial charge in [-0.25, -0.2) is 0 Å². The standard InChI is InChI=1S/C58H101NO13/c1-3-5-7-8-9-10-11-12-13-14-15-16-17-18-19-20-21-22-23-24-25-26-27-28-29-30-31-32-33-34-35-36-37-38-40-42-50(63)59-46(47(62)41-39-6-4-2)45-69-57-55(68)53(66)56(49(44-61)71-57)72-58-54(67)52(65)51(64)48(43-60)70-58/h5,7,9-10,12-13,15-16,18-19,21-22,46-49,51-58,60-62,64-68H,3-4,6,8,11,14,17,20,23-45H2,1-2H3,(H,59,63)/b7-5-,10-9-,13-12-,16-15-,19-18-,22-21-. The predicted molar refractivity (Wildman–Crippen MR) is 286 cm³/mol. The summed E-state index contributed by atoms with van der Waals surface area (Å²) in [4.78, 5) is 13.0. The van der Waals surface area contributed by atoms with E-state index in [0.717, 1.165) is 83.5 Å². The van der Waals surface area contributed by atoms with Gasteiger partial charge in [-0.05, 0) is 64.2 Å². The summed E-state index contributed by atoms with van der Waals surface area (Å²) in [6, 6.07) is -0.826. The highest BCUT2D eigenvalue weighted by molar-refractivity contribution is 5.76. The number of allylic oxidation sites excluding steroid dienone is 12. The van der Waals surface area contributed by atoms with Gasteiger partial charge in [0.25, 0.3) is 0 Å². The molecule has 0 aliphatic carbocycles. The van der Waals surface area contributed by atoms with Crippen LogP contribution in [-0.2, 0) is 23.7 Å². The van der Waals surface area contributed by atoms with E-state index in [1.165, 1.54) is 83.5 Å². The Balaban J connectivity index is 1.50. The Labute approximate surface area is 434 Å². The monoisotopic (exact) mass is 1020 g/mol. The van der Waals surface area contributed by atoms with Crippen molar-refractivity contribution in [3.8, 4) is 0 Å². The average Bonchev–Trinajstić information content (AvgIpc) is 3.38. The number of hydrogen-bond acceptors (Lipinski definition) is 13. The van der Waals surface area contributed by atoms with E-state index in [9.17, 15) is 45.6 Å². The van der Waals surface area contributed by atoms with Crippen LogP contribution in [0.4, 0.5) is 0 Å². The first-order valence-electron chi connectivity index (χ1n) is 28.2. The van der Waals surface area contributed by atoms with Gasteiger partial charge in [0, 0.05) is 6.42 Å². The van der Waals surface area contributed by atoms with E-state index in [1.54, 1.807) is 0 Å². The van der Waals surface area contributed by atoms with Gasteiger partial charge in [0.15, 0.2) is 12.6 Å². The zero-order valence-electron chi connectivity index (χ0n) is 44.4. The molecule has 14 heteroatoms. The molecule has 2 rings (SSSR count). The fourth-order valence-corrected chi connectivity index (χ4v) is 8.89. The number of rotatable bonds is 43. The van der Waals surface area contributed by atoms with Crippen molar-refractivity contribution in [3.05, 3.63) is 72.9 Å². The molecule has 14 nitrogen and oxygen atoms in total. The highest BCUT2D eigenvalue weighted by atomic mass is 16.7. The molecular formula is C58H101NO13. The maximum Gasteiger partial charge on any atom is 0.220 e. The summed E-state index contributed by atoms with van der Waals surface area (Å²) in [7, 11) is 0. The quantitative estimate of drug-likeness (QED) is 0.0206. The summed E-state index contributed by atoms with van der Waals surface area (Å²) in [5.74, 6) is -0.221. The lowest BCUT2D eigenvalue weighted by atomic mass is 9.97. The van der Waals surface area contributed by atoms with Crippen LogP contribution in [0.3, 0.4) is 0 Å². The molecule has 416 valence electrons. The van der Waals surface area contributed by atoms with Crippen LogP contribution >= 0.6 is 0 Å². The summed E-state index contributed by atoms with van der Waals surface area (Å²) in [6.45, 7) is 2.55. The van der Waals surface area contributed by atoms with Crippen LogP contribution in [0.2, 0.25) is 0 Å². The van der Waals surface area contributed by atoms with Gasteiger partial charge in [0.05, 0.1) is 32.0 Å². The number of carbonyl (C=O) groups is 1. The molecule has 0 aromatic rings. The highest BCUT2D eigenvalue weighted by Crippen LogP contribution is 2.30. The molecular weight excluding hydrogens is 919 g/mol. The van der Waals surface area contributed by atoms with Crippen molar-refractivity contribution in [3.63, 3.8) is 0 Å². The number of ether oxygens (including phenoxy) is 4. The molecule has 0 spiro atoms. The first-order valence-corrected chi connectivity index (χ1v) is 28.2. The molecule has 72 heavy (non-hydrogen) atoms. The van der Waals surface area contributed by atoms with Gasteiger partial charge >= 0.3 is 0 Å². The average molecular weight is 1020 g/mol. The maximum atomic E-state index is 13.0. The van der Waals surface area contributed by atoms with Crippen LogP contribution in [0.25, 0.3) is 0 Å². The second-order valence-corrected chi connectivity index (χ2v) is 19.7. The number of hydrogen-bond donors (Lipinski definition) is 9. The van der Waals surface area contributed by atoms with E-state index in [2.05, 4.69) is 92.1 Å². The van der Waals surface area contributed by atoms with Gasteiger partial charge < -0.3 is 65.1 Å². The van der Waals surface area contributed by atoms with Gasteiger partial charge in [-0.3, -0.25) is 4.79 Å². The zero-order chi connectivity index (χ0) is 52.4. The summed E-state index contributed by atoms with van der Waals surface area (Å²) in [5, 5.41) is 86.1. The summed E-state index contributed by atoms with van der Waals surface area (Å²) >= 11 is 0. The van der Waals surface area contributed by atoms with Gasteiger partial charge in [-0.2, -0.15) is 0 Å². The molecule has 2 heterocycles. The van der Waals surface area contributed by atoms with E-state index < -0.39 is 86.8 Å². The lowest BCUT2D eigenvalue weighted by molar-refractivity contribution is -0.359. The van der Waals surface area contributed by atoms with Crippen LogP contribution in [-0.4, -0.2) is 140 Å². The highest BCUT2D eigenvalue weighted by Gasteiger charge is 2.51. The van der Waals surface area contributed by atoms with Crippen LogP contribution in [0.1, 0.15) is 194 Å². The van der Waals surface area contributed by atoms with Crippen LogP contribution in [0, 0.1) is 0 Å². The third-order valence-corrected chi connectivity index (χ3v) is 13.4. The molecule has 0 aromatic carbocycles. The van der Waals surface area contributed by atoms with Crippen LogP contribution < -0.4 is 5.32 Å². The Bertz CT molecular complexity index is 1480. The molecule has 12 atom stereocenters. The Morgan fingerprint density at radius 2 is 0.958 bits per heavy atom. The fourth-order valence-electron chi connectivity index (χ4n) is 8.89. The number of unbranched alkanes of at least 4 members (excludes halogenated alkanes) is 18. The van der Waals surface area contributed by atoms with E-state index in [1.807, 2.05) is 0 Å². The van der Waals surface area contributed by atoms with Crippen molar-refractivity contribution in [1.29, 1.82) is 0 Å². The maximum absolute atomic E-state index is 13.0. The minimum atomic E-state index is -1.78. The topological polar surface area (TPSA) is 228 Å². The Hall–Kier alpha value is -2.57. The van der Waals surface area contributed by atoms with E-state index in [4.69, 9.17) is 18.9 Å². The number of nitrogens with one attached hydrogen (secondary N) is 1.